The highest BCUT2D eigenvalue weighted by atomic mass is 79.9. The number of amides is 1. The summed E-state index contributed by atoms with van der Waals surface area (Å²) in [7, 11) is 0. The van der Waals surface area contributed by atoms with Gasteiger partial charge in [0.1, 0.15) is 5.84 Å². The van der Waals surface area contributed by atoms with E-state index in [0.717, 1.165) is 21.8 Å². The van der Waals surface area contributed by atoms with Crippen molar-refractivity contribution in [2.45, 2.75) is 12.8 Å². The summed E-state index contributed by atoms with van der Waals surface area (Å²) in [6.07, 6.45) is 1.44. The summed E-state index contributed by atoms with van der Waals surface area (Å²) in [6.45, 7) is 1.23. The molecule has 2 rings (SSSR count). The minimum Gasteiger partial charge on any atom is -0.409 e. The molecule has 0 radical (unpaired) electrons. The van der Waals surface area contributed by atoms with Gasteiger partial charge in [-0.3, -0.25) is 4.79 Å². The summed E-state index contributed by atoms with van der Waals surface area (Å²) in [6, 6.07) is 5.50. The van der Waals surface area contributed by atoms with Crippen LogP contribution in [0.3, 0.4) is 0 Å². The molecule has 1 saturated heterocycles. The van der Waals surface area contributed by atoms with Crippen molar-refractivity contribution in [3.63, 3.8) is 0 Å². The second-order valence-electron chi connectivity index (χ2n) is 4.72. The highest BCUT2D eigenvalue weighted by molar-refractivity contribution is 9.11. The van der Waals surface area contributed by atoms with Gasteiger partial charge in [-0.05, 0) is 47.0 Å². The summed E-state index contributed by atoms with van der Waals surface area (Å²) in [5.74, 6) is 0.307. The van der Waals surface area contributed by atoms with Crippen LogP contribution in [0.1, 0.15) is 23.2 Å². The van der Waals surface area contributed by atoms with Gasteiger partial charge in [0, 0.05) is 28.0 Å². The standard InChI is InChI=1S/C13H15Br2N3O2/c14-9-1-2-10(11(15)7-9)13(19)18-5-3-8(4-6-18)12(16)17-20/h1-2,7-8,20H,3-6H2,(H2,16,17). The van der Waals surface area contributed by atoms with Gasteiger partial charge in [0.15, 0.2) is 0 Å². The number of halogens is 2. The summed E-state index contributed by atoms with van der Waals surface area (Å²) < 4.78 is 1.70. The number of amidine groups is 1. The molecule has 0 atom stereocenters. The van der Waals surface area contributed by atoms with Crippen molar-refractivity contribution in [1.82, 2.24) is 4.90 Å². The number of piperidine rings is 1. The molecular weight excluding hydrogens is 390 g/mol. The van der Waals surface area contributed by atoms with Crippen LogP contribution in [0.15, 0.2) is 32.3 Å². The topological polar surface area (TPSA) is 78.9 Å². The van der Waals surface area contributed by atoms with Crippen molar-refractivity contribution in [1.29, 1.82) is 0 Å². The van der Waals surface area contributed by atoms with Gasteiger partial charge in [0.2, 0.25) is 0 Å². The maximum Gasteiger partial charge on any atom is 0.254 e. The third kappa shape index (κ3) is 3.32. The van der Waals surface area contributed by atoms with Gasteiger partial charge in [0.05, 0.1) is 5.56 Å². The molecule has 0 spiro atoms. The molecule has 1 fully saturated rings. The second kappa shape index (κ2) is 6.58. The summed E-state index contributed by atoms with van der Waals surface area (Å²) >= 11 is 6.78. The van der Waals surface area contributed by atoms with E-state index in [9.17, 15) is 4.79 Å². The van der Waals surface area contributed by atoms with Gasteiger partial charge in [0.25, 0.3) is 5.91 Å². The fraction of sp³-hybridized carbons (Fsp3) is 0.385. The monoisotopic (exact) mass is 403 g/mol. The van der Waals surface area contributed by atoms with E-state index in [1.54, 1.807) is 11.0 Å². The van der Waals surface area contributed by atoms with E-state index < -0.39 is 0 Å². The Morgan fingerprint density at radius 1 is 1.35 bits per heavy atom. The van der Waals surface area contributed by atoms with Crippen LogP contribution in [0.25, 0.3) is 0 Å². The Morgan fingerprint density at radius 2 is 2.00 bits per heavy atom. The second-order valence-corrected chi connectivity index (χ2v) is 6.49. The number of nitrogens with two attached hydrogens (primary N) is 1. The lowest BCUT2D eigenvalue weighted by atomic mass is 9.95. The summed E-state index contributed by atoms with van der Waals surface area (Å²) in [4.78, 5) is 14.2. The van der Waals surface area contributed by atoms with Crippen LogP contribution in [0, 0.1) is 5.92 Å². The van der Waals surface area contributed by atoms with Crippen molar-refractivity contribution in [3.05, 3.63) is 32.7 Å². The largest absolute Gasteiger partial charge is 0.409 e. The number of carbonyl (C=O) groups is 1. The lowest BCUT2D eigenvalue weighted by Gasteiger charge is -2.31. The Kier molecular flexibility index (Phi) is 5.04. The van der Waals surface area contributed by atoms with E-state index in [4.69, 9.17) is 10.9 Å². The number of hydrogen-bond acceptors (Lipinski definition) is 3. The minimum absolute atomic E-state index is 0.00216. The molecule has 1 heterocycles. The van der Waals surface area contributed by atoms with Gasteiger partial charge in [-0.2, -0.15) is 0 Å². The Hall–Kier alpha value is -1.08. The smallest absolute Gasteiger partial charge is 0.254 e. The van der Waals surface area contributed by atoms with Crippen molar-refractivity contribution in [2.24, 2.45) is 16.8 Å². The molecule has 1 aromatic carbocycles. The summed E-state index contributed by atoms with van der Waals surface area (Å²) in [5.41, 5.74) is 6.25. The fourth-order valence-electron chi connectivity index (χ4n) is 2.29. The molecule has 0 aromatic heterocycles. The number of hydrogen-bond donors (Lipinski definition) is 2. The first kappa shape index (κ1) is 15.3. The number of benzene rings is 1. The maximum atomic E-state index is 12.4. The summed E-state index contributed by atoms with van der Waals surface area (Å²) in [5, 5.41) is 11.7. The lowest BCUT2D eigenvalue weighted by Crippen LogP contribution is -2.41. The average Bonchev–Trinajstić information content (AvgIpc) is 2.46. The van der Waals surface area contributed by atoms with Crippen LogP contribution < -0.4 is 5.73 Å². The molecule has 1 amide bonds. The van der Waals surface area contributed by atoms with Crippen molar-refractivity contribution < 1.29 is 10.0 Å². The molecule has 7 heteroatoms. The first-order valence-electron chi connectivity index (χ1n) is 6.24. The zero-order chi connectivity index (χ0) is 14.7. The van der Waals surface area contributed by atoms with Crippen LogP contribution >= 0.6 is 31.9 Å². The van der Waals surface area contributed by atoms with Gasteiger partial charge >= 0.3 is 0 Å². The molecule has 0 saturated carbocycles. The van der Waals surface area contributed by atoms with Gasteiger partial charge in [-0.15, -0.1) is 0 Å². The molecule has 1 aliphatic rings. The Balaban J connectivity index is 2.05. The molecule has 20 heavy (non-hydrogen) atoms. The van der Waals surface area contributed by atoms with E-state index in [1.165, 1.54) is 0 Å². The number of likely N-dealkylation sites (tertiary alicyclic amines) is 1. The lowest BCUT2D eigenvalue weighted by molar-refractivity contribution is 0.0708. The van der Waals surface area contributed by atoms with Crippen LogP contribution in [0.2, 0.25) is 0 Å². The SMILES string of the molecule is N/C(=N/O)C1CCN(C(=O)c2ccc(Br)cc2Br)CC1. The molecule has 108 valence electrons. The highest BCUT2D eigenvalue weighted by Gasteiger charge is 2.26. The predicted molar refractivity (Wildman–Crippen MR) is 83.9 cm³/mol. The molecule has 5 nitrogen and oxygen atoms in total. The number of oxime groups is 1. The van der Waals surface area contributed by atoms with E-state index in [2.05, 4.69) is 37.0 Å². The van der Waals surface area contributed by atoms with E-state index in [0.29, 0.717) is 18.7 Å². The molecule has 1 aliphatic heterocycles. The van der Waals surface area contributed by atoms with Gasteiger partial charge in [-0.25, -0.2) is 0 Å². The molecule has 0 bridgehead atoms. The Labute approximate surface area is 134 Å². The Bertz CT molecular complexity index is 540. The third-order valence-electron chi connectivity index (χ3n) is 3.48. The zero-order valence-corrected chi connectivity index (χ0v) is 13.9. The number of rotatable bonds is 2. The normalized spacial score (nSPS) is 17.3. The quantitative estimate of drug-likeness (QED) is 0.344. The third-order valence-corrected chi connectivity index (χ3v) is 4.63. The van der Waals surface area contributed by atoms with Crippen molar-refractivity contribution >= 4 is 43.6 Å². The molecule has 0 unspecified atom stereocenters. The van der Waals surface area contributed by atoms with E-state index >= 15 is 0 Å². The number of carbonyl (C=O) groups excluding carboxylic acids is 1. The predicted octanol–water partition coefficient (Wildman–Crippen LogP) is 2.81. The first-order valence-corrected chi connectivity index (χ1v) is 7.83. The minimum atomic E-state index is 0.00216. The average molecular weight is 405 g/mol. The highest BCUT2D eigenvalue weighted by Crippen LogP contribution is 2.25. The van der Waals surface area contributed by atoms with Gasteiger partial charge in [-0.1, -0.05) is 21.1 Å². The number of nitrogens with zero attached hydrogens (tertiary/aromatic N) is 2. The van der Waals surface area contributed by atoms with Crippen LogP contribution in [-0.4, -0.2) is 34.9 Å². The Morgan fingerprint density at radius 3 is 2.55 bits per heavy atom. The molecule has 3 N–H and O–H groups in total. The maximum absolute atomic E-state index is 12.4. The zero-order valence-electron chi connectivity index (χ0n) is 10.7. The van der Waals surface area contributed by atoms with Gasteiger partial charge < -0.3 is 15.8 Å². The van der Waals surface area contributed by atoms with Crippen LogP contribution in [0.4, 0.5) is 0 Å². The van der Waals surface area contributed by atoms with Crippen molar-refractivity contribution in [3.8, 4) is 0 Å². The van der Waals surface area contributed by atoms with E-state index in [1.807, 2.05) is 12.1 Å². The van der Waals surface area contributed by atoms with Crippen LogP contribution in [0.5, 0.6) is 0 Å². The van der Waals surface area contributed by atoms with Crippen molar-refractivity contribution in [2.75, 3.05) is 13.1 Å². The molecule has 1 aromatic rings. The van der Waals surface area contributed by atoms with Crippen LogP contribution in [-0.2, 0) is 0 Å². The molecule has 0 aliphatic carbocycles. The molecular formula is C13H15Br2N3O2. The van der Waals surface area contributed by atoms with E-state index in [-0.39, 0.29) is 17.7 Å². The first-order chi connectivity index (χ1) is 9.52. The fourth-order valence-corrected chi connectivity index (χ4v) is 3.51.